The molecule has 0 unspecified atom stereocenters. The van der Waals surface area contributed by atoms with Crippen molar-refractivity contribution in [2.45, 2.75) is 31.5 Å². The lowest BCUT2D eigenvalue weighted by Gasteiger charge is -2.33. The van der Waals surface area contributed by atoms with E-state index in [0.717, 1.165) is 18.2 Å². The first kappa shape index (κ1) is 13.1. The minimum atomic E-state index is -4.70. The molecule has 1 aromatic rings. The Morgan fingerprint density at radius 1 is 1.00 bits per heavy atom. The predicted molar refractivity (Wildman–Crippen MR) is 54.4 cm³/mol. The van der Waals surface area contributed by atoms with E-state index in [2.05, 4.69) is 4.74 Å². The van der Waals surface area contributed by atoms with E-state index in [1.807, 2.05) is 0 Å². The van der Waals surface area contributed by atoms with E-state index in [4.69, 9.17) is 0 Å². The fraction of sp³-hybridized carbons (Fsp3) is 0.500. The van der Waals surface area contributed by atoms with Crippen LogP contribution in [0.1, 0.15) is 24.8 Å². The highest BCUT2D eigenvalue weighted by molar-refractivity contribution is 5.35. The van der Waals surface area contributed by atoms with E-state index in [1.54, 1.807) is 0 Å². The van der Waals surface area contributed by atoms with Crippen LogP contribution in [0.4, 0.5) is 22.0 Å². The first-order valence-corrected chi connectivity index (χ1v) is 5.54. The molecule has 0 saturated heterocycles. The van der Waals surface area contributed by atoms with Gasteiger partial charge in [-0.15, -0.1) is 0 Å². The molecule has 1 saturated carbocycles. The van der Waals surface area contributed by atoms with Crippen molar-refractivity contribution < 1.29 is 26.7 Å². The van der Waals surface area contributed by atoms with Gasteiger partial charge in [0.2, 0.25) is 0 Å². The Bertz CT molecular complexity index is 423. The van der Waals surface area contributed by atoms with Crippen LogP contribution in [0.2, 0.25) is 0 Å². The van der Waals surface area contributed by atoms with E-state index in [0.29, 0.717) is 6.42 Å². The molecule has 0 aromatic heterocycles. The van der Waals surface area contributed by atoms with Crippen molar-refractivity contribution in [2.24, 2.45) is 5.92 Å². The molecular weight excluding hydrogens is 255 g/mol. The van der Waals surface area contributed by atoms with Crippen molar-refractivity contribution in [3.63, 3.8) is 0 Å². The van der Waals surface area contributed by atoms with Crippen LogP contribution in [-0.4, -0.2) is 6.11 Å². The minimum absolute atomic E-state index is 0.279. The number of alkyl halides is 5. The zero-order chi connectivity index (χ0) is 13.4. The first-order chi connectivity index (χ1) is 8.31. The molecule has 6 heteroatoms. The Morgan fingerprint density at radius 3 is 2.11 bits per heavy atom. The Hall–Kier alpha value is -1.33. The maximum Gasteiger partial charge on any atom is 0.419 e. The molecule has 1 aliphatic rings. The lowest BCUT2D eigenvalue weighted by molar-refractivity contribution is -0.234. The van der Waals surface area contributed by atoms with Crippen molar-refractivity contribution in [2.75, 3.05) is 0 Å². The summed E-state index contributed by atoms with van der Waals surface area (Å²) in [7, 11) is 0. The molecule has 1 fully saturated rings. The molecule has 0 heterocycles. The van der Waals surface area contributed by atoms with Crippen LogP contribution < -0.4 is 4.74 Å². The average molecular weight is 266 g/mol. The lowest BCUT2D eigenvalue weighted by Crippen LogP contribution is -2.39. The van der Waals surface area contributed by atoms with Crippen molar-refractivity contribution in [1.29, 1.82) is 0 Å². The van der Waals surface area contributed by atoms with Gasteiger partial charge in [-0.05, 0) is 25.0 Å². The van der Waals surface area contributed by atoms with Crippen LogP contribution >= 0.6 is 0 Å². The Kier molecular flexibility index (Phi) is 3.21. The minimum Gasteiger partial charge on any atom is -0.432 e. The van der Waals surface area contributed by atoms with Gasteiger partial charge in [-0.2, -0.15) is 22.0 Å². The van der Waals surface area contributed by atoms with Crippen LogP contribution in [0.25, 0.3) is 0 Å². The van der Waals surface area contributed by atoms with Crippen LogP contribution in [-0.2, 0) is 6.18 Å². The van der Waals surface area contributed by atoms with Gasteiger partial charge in [-0.3, -0.25) is 0 Å². The van der Waals surface area contributed by atoms with Crippen LogP contribution in [0.15, 0.2) is 24.3 Å². The molecule has 0 amide bonds. The van der Waals surface area contributed by atoms with Crippen LogP contribution in [0.5, 0.6) is 5.75 Å². The molecule has 18 heavy (non-hydrogen) atoms. The molecule has 2 rings (SSSR count). The standard InChI is InChI=1S/C12H11F5O/c13-11(14,15)9-6-1-2-7-10(9)18-12(16,17)8-4-3-5-8/h1-2,6-8H,3-5H2. The van der Waals surface area contributed by atoms with Crippen molar-refractivity contribution in [3.05, 3.63) is 29.8 Å². The van der Waals surface area contributed by atoms with E-state index in [-0.39, 0.29) is 12.8 Å². The molecule has 100 valence electrons. The van der Waals surface area contributed by atoms with Crippen molar-refractivity contribution >= 4 is 0 Å². The highest BCUT2D eigenvalue weighted by Gasteiger charge is 2.47. The smallest absolute Gasteiger partial charge is 0.419 e. The van der Waals surface area contributed by atoms with Gasteiger partial charge in [-0.1, -0.05) is 18.6 Å². The molecule has 1 aliphatic carbocycles. The summed E-state index contributed by atoms with van der Waals surface area (Å²) in [5.74, 6) is -1.80. The van der Waals surface area contributed by atoms with E-state index in [1.165, 1.54) is 6.07 Å². The summed E-state index contributed by atoms with van der Waals surface area (Å²) in [4.78, 5) is 0. The number of para-hydroxylation sites is 1. The zero-order valence-corrected chi connectivity index (χ0v) is 9.31. The topological polar surface area (TPSA) is 9.23 Å². The summed E-state index contributed by atoms with van der Waals surface area (Å²) >= 11 is 0. The van der Waals surface area contributed by atoms with Gasteiger partial charge in [0.15, 0.2) is 0 Å². The molecule has 0 radical (unpaired) electrons. The Labute approximate surface area is 101 Å². The largest absolute Gasteiger partial charge is 0.432 e. The van der Waals surface area contributed by atoms with Gasteiger partial charge < -0.3 is 4.74 Å². The third-order valence-electron chi connectivity index (χ3n) is 3.02. The van der Waals surface area contributed by atoms with E-state index in [9.17, 15) is 22.0 Å². The number of hydrogen-bond donors (Lipinski definition) is 0. The summed E-state index contributed by atoms with van der Waals surface area (Å²) < 4.78 is 69.2. The number of halogens is 5. The van der Waals surface area contributed by atoms with Gasteiger partial charge in [0.05, 0.1) is 11.5 Å². The SMILES string of the molecule is FC(F)(F)c1ccccc1OC(F)(F)C1CCC1. The molecular formula is C12H11F5O. The second kappa shape index (κ2) is 4.40. The number of hydrogen-bond acceptors (Lipinski definition) is 1. The van der Waals surface area contributed by atoms with Gasteiger partial charge in [-0.25, -0.2) is 0 Å². The highest BCUT2D eigenvalue weighted by atomic mass is 19.4. The van der Waals surface area contributed by atoms with Crippen molar-refractivity contribution in [3.8, 4) is 5.75 Å². The second-order valence-electron chi connectivity index (χ2n) is 4.29. The van der Waals surface area contributed by atoms with Crippen LogP contribution in [0, 0.1) is 5.92 Å². The number of benzene rings is 1. The normalized spacial score (nSPS) is 17.4. The third kappa shape index (κ3) is 2.57. The molecule has 0 atom stereocenters. The molecule has 0 N–H and O–H groups in total. The quantitative estimate of drug-likeness (QED) is 0.733. The summed E-state index contributed by atoms with van der Waals surface area (Å²) in [6.45, 7) is 0. The van der Waals surface area contributed by atoms with Crippen molar-refractivity contribution in [1.82, 2.24) is 0 Å². The summed E-state index contributed by atoms with van der Waals surface area (Å²) in [5.41, 5.74) is -1.18. The maximum absolute atomic E-state index is 13.5. The zero-order valence-electron chi connectivity index (χ0n) is 9.31. The molecule has 0 aliphatic heterocycles. The Morgan fingerprint density at radius 2 is 1.61 bits per heavy atom. The van der Waals surface area contributed by atoms with Gasteiger partial charge in [0.25, 0.3) is 0 Å². The fourth-order valence-electron chi connectivity index (χ4n) is 1.76. The van der Waals surface area contributed by atoms with E-state index >= 15 is 0 Å². The van der Waals surface area contributed by atoms with Gasteiger partial charge in [0.1, 0.15) is 5.75 Å². The molecule has 0 bridgehead atoms. The first-order valence-electron chi connectivity index (χ1n) is 5.54. The van der Waals surface area contributed by atoms with Gasteiger partial charge >= 0.3 is 12.3 Å². The third-order valence-corrected chi connectivity index (χ3v) is 3.02. The molecule has 1 nitrogen and oxygen atoms in total. The number of rotatable bonds is 3. The number of ether oxygens (including phenoxy) is 1. The Balaban J connectivity index is 2.23. The summed E-state index contributed by atoms with van der Waals surface area (Å²) in [5, 5.41) is 0. The van der Waals surface area contributed by atoms with Crippen LogP contribution in [0.3, 0.4) is 0 Å². The molecule has 0 spiro atoms. The second-order valence-corrected chi connectivity index (χ2v) is 4.29. The lowest BCUT2D eigenvalue weighted by atomic mass is 9.84. The van der Waals surface area contributed by atoms with Gasteiger partial charge in [0, 0.05) is 0 Å². The monoisotopic (exact) mass is 266 g/mol. The predicted octanol–water partition coefficient (Wildman–Crippen LogP) is 4.48. The summed E-state index contributed by atoms with van der Waals surface area (Å²) in [6, 6.07) is 4.01. The summed E-state index contributed by atoms with van der Waals surface area (Å²) in [6.07, 6.45) is -7.03. The van der Waals surface area contributed by atoms with E-state index < -0.39 is 29.5 Å². The maximum atomic E-state index is 13.5. The molecule has 1 aromatic carbocycles. The highest BCUT2D eigenvalue weighted by Crippen LogP contribution is 2.44. The fourth-order valence-corrected chi connectivity index (χ4v) is 1.76. The average Bonchev–Trinajstić information content (AvgIpc) is 2.11.